The molecule has 1 aromatic rings. The predicted molar refractivity (Wildman–Crippen MR) is 91.3 cm³/mol. The minimum atomic E-state index is -3.29. The maximum atomic E-state index is 12.1. The van der Waals surface area contributed by atoms with E-state index in [-0.39, 0.29) is 5.75 Å². The molecule has 0 radical (unpaired) electrons. The minimum Gasteiger partial charge on any atom is -0.314 e. The molecule has 0 bridgehead atoms. The van der Waals surface area contributed by atoms with Gasteiger partial charge in [-0.25, -0.2) is 8.42 Å². The fourth-order valence-corrected chi connectivity index (χ4v) is 4.43. The van der Waals surface area contributed by atoms with Crippen LogP contribution in [0.15, 0.2) is 16.6 Å². The zero-order valence-corrected chi connectivity index (χ0v) is 15.0. The molecule has 2 N–H and O–H groups in total. The largest absolute Gasteiger partial charge is 0.314 e. The number of benzene rings is 1. The molecule has 0 aromatic heterocycles. The van der Waals surface area contributed by atoms with Gasteiger partial charge in [0.25, 0.3) is 0 Å². The van der Waals surface area contributed by atoms with Gasteiger partial charge in [-0.15, -0.1) is 0 Å². The van der Waals surface area contributed by atoms with Gasteiger partial charge in [0.2, 0.25) is 10.0 Å². The third-order valence-corrected chi connectivity index (χ3v) is 5.51. The summed E-state index contributed by atoms with van der Waals surface area (Å²) in [5, 5.41) is 3.39. The highest BCUT2D eigenvalue weighted by molar-refractivity contribution is 9.10. The van der Waals surface area contributed by atoms with Crippen LogP contribution < -0.4 is 10.0 Å². The van der Waals surface area contributed by atoms with Crippen LogP contribution in [-0.4, -0.2) is 26.8 Å². The van der Waals surface area contributed by atoms with Crippen molar-refractivity contribution in [3.8, 4) is 0 Å². The van der Waals surface area contributed by atoms with Crippen LogP contribution in [0.3, 0.4) is 0 Å². The fraction of sp³-hybridized carbons (Fsp3) is 0.600. The van der Waals surface area contributed by atoms with Crippen molar-refractivity contribution in [2.75, 3.05) is 17.0 Å². The molecule has 0 unspecified atom stereocenters. The summed E-state index contributed by atoms with van der Waals surface area (Å²) in [5.74, 6) is 0.166. The van der Waals surface area contributed by atoms with Crippen LogP contribution in [0.5, 0.6) is 0 Å². The van der Waals surface area contributed by atoms with Gasteiger partial charge < -0.3 is 5.32 Å². The first kappa shape index (κ1) is 16.8. The summed E-state index contributed by atoms with van der Waals surface area (Å²) in [6, 6.07) is 4.58. The molecule has 0 saturated heterocycles. The molecular weight excluding hydrogens is 352 g/mol. The zero-order chi connectivity index (χ0) is 15.5. The SMILES string of the molecule is Cc1cc(C)c(NS(=O)(=O)CCCCNC2CC2)c(Br)c1. The number of halogens is 1. The fourth-order valence-electron chi connectivity index (χ4n) is 2.26. The Morgan fingerprint density at radius 1 is 1.24 bits per heavy atom. The van der Waals surface area contributed by atoms with Crippen molar-refractivity contribution >= 4 is 31.6 Å². The van der Waals surface area contributed by atoms with Gasteiger partial charge in [0.15, 0.2) is 0 Å². The van der Waals surface area contributed by atoms with Crippen molar-refractivity contribution in [2.24, 2.45) is 0 Å². The van der Waals surface area contributed by atoms with Crippen LogP contribution in [-0.2, 0) is 10.0 Å². The van der Waals surface area contributed by atoms with Crippen molar-refractivity contribution in [2.45, 2.75) is 45.6 Å². The number of unbranched alkanes of at least 4 members (excludes halogenated alkanes) is 1. The highest BCUT2D eigenvalue weighted by Gasteiger charge is 2.20. The van der Waals surface area contributed by atoms with E-state index in [4.69, 9.17) is 0 Å². The molecular formula is C15H23BrN2O2S. The van der Waals surface area contributed by atoms with Crippen LogP contribution in [0, 0.1) is 13.8 Å². The predicted octanol–water partition coefficient (Wildman–Crippen LogP) is 3.34. The molecule has 1 saturated carbocycles. The van der Waals surface area contributed by atoms with E-state index < -0.39 is 10.0 Å². The van der Waals surface area contributed by atoms with Gasteiger partial charge in [-0.3, -0.25) is 4.72 Å². The first-order chi connectivity index (χ1) is 9.87. The first-order valence-corrected chi connectivity index (χ1v) is 9.82. The summed E-state index contributed by atoms with van der Waals surface area (Å²) >= 11 is 3.43. The van der Waals surface area contributed by atoms with Gasteiger partial charge >= 0.3 is 0 Å². The Bertz CT molecular complexity index is 575. The van der Waals surface area contributed by atoms with E-state index in [1.807, 2.05) is 26.0 Å². The Balaban J connectivity index is 1.85. The molecule has 0 spiro atoms. The number of anilines is 1. The summed E-state index contributed by atoms with van der Waals surface area (Å²) in [4.78, 5) is 0. The maximum absolute atomic E-state index is 12.1. The molecule has 4 nitrogen and oxygen atoms in total. The number of rotatable bonds is 8. The number of hydrogen-bond acceptors (Lipinski definition) is 3. The Kier molecular flexibility index (Phi) is 5.68. The Morgan fingerprint density at radius 3 is 2.57 bits per heavy atom. The number of hydrogen-bond donors (Lipinski definition) is 2. The lowest BCUT2D eigenvalue weighted by Gasteiger charge is -2.13. The van der Waals surface area contributed by atoms with E-state index in [9.17, 15) is 8.42 Å². The standard InChI is InChI=1S/C15H23BrN2O2S/c1-11-9-12(2)15(14(16)10-11)18-21(19,20)8-4-3-7-17-13-5-6-13/h9-10,13,17-18H,3-8H2,1-2H3. The maximum Gasteiger partial charge on any atom is 0.232 e. The van der Waals surface area contributed by atoms with Gasteiger partial charge in [-0.2, -0.15) is 0 Å². The summed E-state index contributed by atoms with van der Waals surface area (Å²) in [7, 11) is -3.29. The van der Waals surface area contributed by atoms with Crippen molar-refractivity contribution in [1.82, 2.24) is 5.32 Å². The quantitative estimate of drug-likeness (QED) is 0.686. The minimum absolute atomic E-state index is 0.166. The topological polar surface area (TPSA) is 58.2 Å². The second-order valence-electron chi connectivity index (χ2n) is 5.80. The highest BCUT2D eigenvalue weighted by Crippen LogP contribution is 2.28. The molecule has 0 amide bonds. The zero-order valence-electron chi connectivity index (χ0n) is 12.6. The van der Waals surface area contributed by atoms with E-state index in [0.717, 1.165) is 28.6 Å². The molecule has 2 rings (SSSR count). The lowest BCUT2D eigenvalue weighted by Crippen LogP contribution is -2.21. The van der Waals surface area contributed by atoms with Crippen LogP contribution >= 0.6 is 15.9 Å². The number of nitrogens with one attached hydrogen (secondary N) is 2. The normalized spacial score (nSPS) is 15.2. The smallest absolute Gasteiger partial charge is 0.232 e. The molecule has 6 heteroatoms. The van der Waals surface area contributed by atoms with Crippen molar-refractivity contribution < 1.29 is 8.42 Å². The molecule has 1 aliphatic carbocycles. The monoisotopic (exact) mass is 374 g/mol. The molecule has 1 aromatic carbocycles. The van der Waals surface area contributed by atoms with Crippen LogP contribution in [0.2, 0.25) is 0 Å². The highest BCUT2D eigenvalue weighted by atomic mass is 79.9. The molecule has 0 heterocycles. The van der Waals surface area contributed by atoms with E-state index >= 15 is 0 Å². The lowest BCUT2D eigenvalue weighted by molar-refractivity contribution is 0.591. The van der Waals surface area contributed by atoms with Crippen molar-refractivity contribution in [3.05, 3.63) is 27.7 Å². The molecule has 118 valence electrons. The van der Waals surface area contributed by atoms with Crippen LogP contribution in [0.25, 0.3) is 0 Å². The van der Waals surface area contributed by atoms with E-state index in [1.54, 1.807) is 0 Å². The summed E-state index contributed by atoms with van der Waals surface area (Å²) in [6.07, 6.45) is 4.10. The van der Waals surface area contributed by atoms with Gasteiger partial charge in [-0.05, 0) is 79.2 Å². The number of aryl methyl sites for hydroxylation is 2. The third kappa shape index (κ3) is 5.60. The van der Waals surface area contributed by atoms with Gasteiger partial charge in [0, 0.05) is 10.5 Å². The third-order valence-electron chi connectivity index (χ3n) is 3.54. The molecule has 21 heavy (non-hydrogen) atoms. The van der Waals surface area contributed by atoms with Gasteiger partial charge in [-0.1, -0.05) is 6.07 Å². The summed E-state index contributed by atoms with van der Waals surface area (Å²) < 4.78 is 27.8. The molecule has 1 fully saturated rings. The average molecular weight is 375 g/mol. The average Bonchev–Trinajstić information content (AvgIpc) is 3.17. The number of sulfonamides is 1. The Morgan fingerprint density at radius 2 is 1.95 bits per heavy atom. The Labute approximate surface area is 135 Å². The van der Waals surface area contributed by atoms with Crippen molar-refractivity contribution in [3.63, 3.8) is 0 Å². The van der Waals surface area contributed by atoms with Crippen molar-refractivity contribution in [1.29, 1.82) is 0 Å². The summed E-state index contributed by atoms with van der Waals surface area (Å²) in [5.41, 5.74) is 2.69. The first-order valence-electron chi connectivity index (χ1n) is 7.38. The van der Waals surface area contributed by atoms with Crippen LogP contribution in [0.4, 0.5) is 5.69 Å². The van der Waals surface area contributed by atoms with E-state index in [2.05, 4.69) is 26.0 Å². The molecule has 1 aliphatic rings. The van der Waals surface area contributed by atoms with Gasteiger partial charge in [0.1, 0.15) is 0 Å². The van der Waals surface area contributed by atoms with Gasteiger partial charge in [0.05, 0.1) is 11.4 Å². The second kappa shape index (κ2) is 7.11. The van der Waals surface area contributed by atoms with E-state index in [1.165, 1.54) is 12.8 Å². The summed E-state index contributed by atoms with van der Waals surface area (Å²) in [6.45, 7) is 4.81. The van der Waals surface area contributed by atoms with Crippen LogP contribution in [0.1, 0.15) is 36.8 Å². The second-order valence-corrected chi connectivity index (χ2v) is 8.49. The lowest BCUT2D eigenvalue weighted by atomic mass is 10.1. The van der Waals surface area contributed by atoms with E-state index in [0.29, 0.717) is 18.2 Å². The molecule has 0 atom stereocenters. The molecule has 0 aliphatic heterocycles. The Hall–Kier alpha value is -0.590.